The number of nitrogens with zero attached hydrogens (tertiary/aromatic N) is 4. The normalized spacial score (nSPS) is 11.9. The maximum absolute atomic E-state index is 13.8. The first kappa shape index (κ1) is 24.1. The number of fused-ring (bicyclic) bond motifs is 1. The van der Waals surface area contributed by atoms with E-state index in [0.29, 0.717) is 27.7 Å². The SMILES string of the molecule is CC(C)n1cc(-c2ccc(C(F)(F)F)nc2)c2nc(OCc3ccc(F)c(CC(=O)O)c3)ncc21. The maximum atomic E-state index is 13.8. The fraction of sp³-hybridized carbons (Fsp3) is 0.250. The Kier molecular flexibility index (Phi) is 6.42. The molecule has 0 aliphatic rings. The lowest BCUT2D eigenvalue weighted by molar-refractivity contribution is -0.141. The van der Waals surface area contributed by atoms with Crippen molar-refractivity contribution in [3.63, 3.8) is 0 Å². The quantitative estimate of drug-likeness (QED) is 0.349. The molecule has 3 aromatic heterocycles. The molecular weight excluding hydrogens is 468 g/mol. The second-order valence-electron chi connectivity index (χ2n) is 8.15. The average Bonchev–Trinajstić information content (AvgIpc) is 3.18. The van der Waals surface area contributed by atoms with E-state index in [-0.39, 0.29) is 24.2 Å². The summed E-state index contributed by atoms with van der Waals surface area (Å²) in [5, 5.41) is 8.93. The molecular formula is C24H20F4N4O3. The maximum Gasteiger partial charge on any atom is 0.433 e. The molecule has 0 aliphatic carbocycles. The van der Waals surface area contributed by atoms with Crippen molar-refractivity contribution in [1.29, 1.82) is 0 Å². The number of alkyl halides is 3. The Hall–Kier alpha value is -4.02. The van der Waals surface area contributed by atoms with E-state index in [1.807, 2.05) is 18.4 Å². The first-order valence-corrected chi connectivity index (χ1v) is 10.6. The largest absolute Gasteiger partial charge is 0.481 e. The van der Waals surface area contributed by atoms with Gasteiger partial charge >= 0.3 is 18.2 Å². The molecule has 1 N–H and O–H groups in total. The highest BCUT2D eigenvalue weighted by Crippen LogP contribution is 2.34. The van der Waals surface area contributed by atoms with Crippen molar-refractivity contribution >= 4 is 17.0 Å². The van der Waals surface area contributed by atoms with Crippen LogP contribution in [0.2, 0.25) is 0 Å². The van der Waals surface area contributed by atoms with Gasteiger partial charge in [-0.1, -0.05) is 12.1 Å². The Bertz CT molecular complexity index is 1380. The lowest BCUT2D eigenvalue weighted by atomic mass is 10.1. The molecule has 0 saturated heterocycles. The van der Waals surface area contributed by atoms with Crippen molar-refractivity contribution in [3.8, 4) is 17.1 Å². The predicted octanol–water partition coefficient (Wildman–Crippen LogP) is 5.44. The predicted molar refractivity (Wildman–Crippen MR) is 118 cm³/mol. The van der Waals surface area contributed by atoms with Crippen LogP contribution in [0, 0.1) is 5.82 Å². The molecule has 182 valence electrons. The number of carboxylic acids is 1. The van der Waals surface area contributed by atoms with E-state index in [0.717, 1.165) is 12.3 Å². The Labute approximate surface area is 197 Å². The molecule has 0 radical (unpaired) electrons. The highest BCUT2D eigenvalue weighted by molar-refractivity contribution is 5.92. The summed E-state index contributed by atoms with van der Waals surface area (Å²) in [6.07, 6.45) is -0.531. The van der Waals surface area contributed by atoms with Crippen LogP contribution in [0.4, 0.5) is 17.6 Å². The number of carbonyl (C=O) groups is 1. The van der Waals surface area contributed by atoms with Crippen LogP contribution in [0.3, 0.4) is 0 Å². The fourth-order valence-electron chi connectivity index (χ4n) is 3.61. The van der Waals surface area contributed by atoms with Gasteiger partial charge in [-0.3, -0.25) is 9.78 Å². The molecule has 0 saturated carbocycles. The third-order valence-corrected chi connectivity index (χ3v) is 5.29. The molecule has 0 bridgehead atoms. The van der Waals surface area contributed by atoms with Gasteiger partial charge < -0.3 is 14.4 Å². The summed E-state index contributed by atoms with van der Waals surface area (Å²) >= 11 is 0. The third-order valence-electron chi connectivity index (χ3n) is 5.29. The number of hydrogen-bond acceptors (Lipinski definition) is 5. The number of aliphatic carboxylic acids is 1. The van der Waals surface area contributed by atoms with Crippen molar-refractivity contribution in [2.24, 2.45) is 0 Å². The summed E-state index contributed by atoms with van der Waals surface area (Å²) in [5.41, 5.74) is 1.70. The van der Waals surface area contributed by atoms with Crippen LogP contribution in [0.1, 0.15) is 36.7 Å². The summed E-state index contributed by atoms with van der Waals surface area (Å²) in [7, 11) is 0. The van der Waals surface area contributed by atoms with Gasteiger partial charge in [-0.05, 0) is 43.2 Å². The number of halogens is 4. The van der Waals surface area contributed by atoms with Crippen LogP contribution in [-0.2, 0) is 24.0 Å². The topological polar surface area (TPSA) is 90.1 Å². The monoisotopic (exact) mass is 488 g/mol. The Morgan fingerprint density at radius 3 is 2.54 bits per heavy atom. The summed E-state index contributed by atoms with van der Waals surface area (Å²) in [4.78, 5) is 23.1. The number of benzene rings is 1. The van der Waals surface area contributed by atoms with Crippen LogP contribution < -0.4 is 4.74 Å². The Balaban J connectivity index is 1.66. The Morgan fingerprint density at radius 1 is 1.14 bits per heavy atom. The van der Waals surface area contributed by atoms with Crippen molar-refractivity contribution in [1.82, 2.24) is 19.5 Å². The number of carboxylic acid groups (broad SMARTS) is 1. The summed E-state index contributed by atoms with van der Waals surface area (Å²) in [5.74, 6) is -1.78. The molecule has 4 rings (SSSR count). The molecule has 0 unspecified atom stereocenters. The van der Waals surface area contributed by atoms with E-state index in [9.17, 15) is 22.4 Å². The zero-order chi connectivity index (χ0) is 25.3. The van der Waals surface area contributed by atoms with Gasteiger partial charge in [0.1, 0.15) is 23.6 Å². The van der Waals surface area contributed by atoms with Crippen LogP contribution in [0.25, 0.3) is 22.2 Å². The molecule has 11 heteroatoms. The summed E-state index contributed by atoms with van der Waals surface area (Å²) in [6, 6.07) is 6.31. The molecule has 35 heavy (non-hydrogen) atoms. The van der Waals surface area contributed by atoms with E-state index in [1.54, 1.807) is 12.4 Å². The van der Waals surface area contributed by atoms with Gasteiger partial charge in [0.25, 0.3) is 0 Å². The molecule has 0 aliphatic heterocycles. The van der Waals surface area contributed by atoms with Crippen molar-refractivity contribution in [2.45, 2.75) is 39.1 Å². The van der Waals surface area contributed by atoms with Crippen LogP contribution >= 0.6 is 0 Å². The van der Waals surface area contributed by atoms with E-state index in [1.165, 1.54) is 24.3 Å². The summed E-state index contributed by atoms with van der Waals surface area (Å²) < 4.78 is 60.1. The van der Waals surface area contributed by atoms with Gasteiger partial charge in [-0.2, -0.15) is 18.2 Å². The minimum atomic E-state index is -4.54. The van der Waals surface area contributed by atoms with Crippen LogP contribution in [0.15, 0.2) is 48.9 Å². The molecule has 3 heterocycles. The lowest BCUT2D eigenvalue weighted by Gasteiger charge is -2.09. The van der Waals surface area contributed by atoms with E-state index in [4.69, 9.17) is 9.84 Å². The van der Waals surface area contributed by atoms with Gasteiger partial charge in [-0.25, -0.2) is 9.37 Å². The number of hydrogen-bond donors (Lipinski definition) is 1. The first-order chi connectivity index (χ1) is 16.5. The number of rotatable bonds is 7. The second-order valence-corrected chi connectivity index (χ2v) is 8.15. The number of ether oxygens (including phenoxy) is 1. The highest BCUT2D eigenvalue weighted by atomic mass is 19.4. The third kappa shape index (κ3) is 5.23. The lowest BCUT2D eigenvalue weighted by Crippen LogP contribution is -2.07. The van der Waals surface area contributed by atoms with Gasteiger partial charge in [0.2, 0.25) is 0 Å². The molecule has 4 aromatic rings. The standard InChI is InChI=1S/C24H20F4N4O3/c1-13(2)32-11-17(15-4-6-20(29-9-15)24(26,27)28)22-19(32)10-30-23(31-22)35-12-14-3-5-18(25)16(7-14)8-21(33)34/h3-7,9-11,13H,8,12H2,1-2H3,(H,33,34). The van der Waals surface area contributed by atoms with Crippen LogP contribution in [0.5, 0.6) is 6.01 Å². The fourth-order valence-corrected chi connectivity index (χ4v) is 3.61. The minimum Gasteiger partial charge on any atom is -0.481 e. The van der Waals surface area contributed by atoms with Crippen molar-refractivity contribution in [2.75, 3.05) is 0 Å². The minimum absolute atomic E-state index is 0.00392. The van der Waals surface area contributed by atoms with Gasteiger partial charge in [0.05, 0.1) is 18.1 Å². The van der Waals surface area contributed by atoms with Gasteiger partial charge in [0.15, 0.2) is 0 Å². The van der Waals surface area contributed by atoms with E-state index < -0.39 is 30.1 Å². The zero-order valence-corrected chi connectivity index (χ0v) is 18.7. The molecule has 7 nitrogen and oxygen atoms in total. The smallest absolute Gasteiger partial charge is 0.433 e. The zero-order valence-electron chi connectivity index (χ0n) is 18.7. The van der Waals surface area contributed by atoms with E-state index >= 15 is 0 Å². The molecule has 0 atom stereocenters. The highest BCUT2D eigenvalue weighted by Gasteiger charge is 2.32. The molecule has 1 aromatic carbocycles. The summed E-state index contributed by atoms with van der Waals surface area (Å²) in [6.45, 7) is 3.85. The van der Waals surface area contributed by atoms with Crippen LogP contribution in [-0.4, -0.2) is 30.6 Å². The molecule has 0 fully saturated rings. The molecule has 0 spiro atoms. The van der Waals surface area contributed by atoms with E-state index in [2.05, 4.69) is 15.0 Å². The van der Waals surface area contributed by atoms with Crippen molar-refractivity contribution < 1.29 is 32.2 Å². The number of aromatic nitrogens is 4. The van der Waals surface area contributed by atoms with Gasteiger partial charge in [-0.15, -0.1) is 0 Å². The average molecular weight is 488 g/mol. The number of pyridine rings is 1. The first-order valence-electron chi connectivity index (χ1n) is 10.6. The molecule has 0 amide bonds. The van der Waals surface area contributed by atoms with Gasteiger partial charge in [0, 0.05) is 29.6 Å². The van der Waals surface area contributed by atoms with Crippen molar-refractivity contribution in [3.05, 3.63) is 71.6 Å². The Morgan fingerprint density at radius 2 is 1.91 bits per heavy atom. The second kappa shape index (κ2) is 9.32.